The van der Waals surface area contributed by atoms with Crippen LogP contribution in [-0.4, -0.2) is 15.8 Å². The molecule has 0 amide bonds. The smallest absolute Gasteiger partial charge is 0.176 e. The van der Waals surface area contributed by atoms with E-state index in [1.54, 1.807) is 0 Å². The van der Waals surface area contributed by atoms with Crippen molar-refractivity contribution >= 4 is 5.78 Å². The van der Waals surface area contributed by atoms with Crippen molar-refractivity contribution in [2.45, 2.75) is 63.7 Å². The number of Topliss-reactive ketones (excluding diaryl/α,β-unsaturated/α-hetero) is 1. The molecule has 4 nitrogen and oxygen atoms in total. The van der Waals surface area contributed by atoms with Crippen LogP contribution in [0.5, 0.6) is 0 Å². The molecule has 1 saturated carbocycles. The SMILES string of the molecule is C[C@@H]1C(=O)C(C#N)=CC2c3nc(C4CCCCC4)ncc3CC[C@H]21. The number of hydrogen-bond acceptors (Lipinski definition) is 4. The Balaban J connectivity index is 1.74. The zero-order valence-electron chi connectivity index (χ0n) is 14.2. The predicted molar refractivity (Wildman–Crippen MR) is 90.3 cm³/mol. The second-order valence-electron chi connectivity index (χ2n) is 7.55. The molecule has 1 aromatic rings. The van der Waals surface area contributed by atoms with Gasteiger partial charge in [0.1, 0.15) is 11.9 Å². The molecule has 3 aliphatic rings. The summed E-state index contributed by atoms with van der Waals surface area (Å²) >= 11 is 0. The molecule has 0 radical (unpaired) electrons. The van der Waals surface area contributed by atoms with E-state index in [9.17, 15) is 10.1 Å². The standard InChI is InChI=1S/C20H23N3O/c1-12-16-8-7-14-11-22-20(13-5-3-2-4-6-13)23-18(14)17(16)9-15(10-21)19(12)24/h9,11-13,16-17H,2-8H2,1H3/t12-,16-,17?/m0/s1. The van der Waals surface area contributed by atoms with E-state index in [1.165, 1.54) is 37.7 Å². The van der Waals surface area contributed by atoms with Crippen molar-refractivity contribution in [2.75, 3.05) is 0 Å². The summed E-state index contributed by atoms with van der Waals surface area (Å²) in [6.45, 7) is 1.97. The Bertz CT molecular complexity index is 740. The van der Waals surface area contributed by atoms with Crippen LogP contribution in [0.15, 0.2) is 17.8 Å². The Morgan fingerprint density at radius 3 is 2.75 bits per heavy atom. The topological polar surface area (TPSA) is 66.6 Å². The first-order valence-corrected chi connectivity index (χ1v) is 9.21. The molecule has 0 aliphatic heterocycles. The summed E-state index contributed by atoms with van der Waals surface area (Å²) in [5, 5.41) is 9.30. The second kappa shape index (κ2) is 6.12. The maximum Gasteiger partial charge on any atom is 0.176 e. The van der Waals surface area contributed by atoms with Gasteiger partial charge in [-0.3, -0.25) is 4.79 Å². The van der Waals surface area contributed by atoms with Gasteiger partial charge >= 0.3 is 0 Å². The summed E-state index contributed by atoms with van der Waals surface area (Å²) in [6.07, 6.45) is 12.0. The molecule has 0 N–H and O–H groups in total. The van der Waals surface area contributed by atoms with Crippen LogP contribution in [-0.2, 0) is 11.2 Å². The summed E-state index contributed by atoms with van der Waals surface area (Å²) in [5.41, 5.74) is 2.59. The largest absolute Gasteiger partial charge is 0.293 e. The first kappa shape index (κ1) is 15.5. The maximum absolute atomic E-state index is 12.3. The lowest BCUT2D eigenvalue weighted by Gasteiger charge is -2.37. The number of ketones is 1. The number of aryl methyl sites for hydroxylation is 1. The van der Waals surface area contributed by atoms with Crippen molar-refractivity contribution in [1.82, 2.24) is 9.97 Å². The molecule has 3 aliphatic carbocycles. The number of nitriles is 1. The van der Waals surface area contributed by atoms with Gasteiger partial charge in [-0.05, 0) is 37.2 Å². The van der Waals surface area contributed by atoms with E-state index in [-0.39, 0.29) is 23.5 Å². The average molecular weight is 321 g/mol. The molecule has 1 fully saturated rings. The van der Waals surface area contributed by atoms with Crippen LogP contribution in [0, 0.1) is 23.2 Å². The molecule has 0 bridgehead atoms. The second-order valence-corrected chi connectivity index (χ2v) is 7.55. The van der Waals surface area contributed by atoms with Crippen LogP contribution in [0.25, 0.3) is 0 Å². The van der Waals surface area contributed by atoms with Crippen LogP contribution in [0.4, 0.5) is 0 Å². The highest BCUT2D eigenvalue weighted by molar-refractivity contribution is 6.01. The monoisotopic (exact) mass is 321 g/mol. The summed E-state index contributed by atoms with van der Waals surface area (Å²) in [5.74, 6) is 1.74. The summed E-state index contributed by atoms with van der Waals surface area (Å²) in [7, 11) is 0. The third-order valence-corrected chi connectivity index (χ3v) is 6.20. The minimum Gasteiger partial charge on any atom is -0.293 e. The number of aromatic nitrogens is 2. The van der Waals surface area contributed by atoms with Gasteiger partial charge in [-0.25, -0.2) is 9.97 Å². The predicted octanol–water partition coefficient (Wildman–Crippen LogP) is 3.84. The molecule has 24 heavy (non-hydrogen) atoms. The van der Waals surface area contributed by atoms with E-state index >= 15 is 0 Å². The van der Waals surface area contributed by atoms with Crippen LogP contribution in [0.2, 0.25) is 0 Å². The first-order chi connectivity index (χ1) is 11.7. The molecule has 0 saturated heterocycles. The minimum absolute atomic E-state index is 0.00348. The van der Waals surface area contributed by atoms with Gasteiger partial charge in [-0.1, -0.05) is 32.3 Å². The number of fused-ring (bicyclic) bond motifs is 3. The van der Waals surface area contributed by atoms with Crippen molar-refractivity contribution in [3.63, 3.8) is 0 Å². The number of nitrogens with zero attached hydrogens (tertiary/aromatic N) is 3. The van der Waals surface area contributed by atoms with Gasteiger partial charge in [0.2, 0.25) is 0 Å². The average Bonchev–Trinajstić information content (AvgIpc) is 2.64. The van der Waals surface area contributed by atoms with Gasteiger partial charge in [0, 0.05) is 24.0 Å². The molecule has 124 valence electrons. The number of carbonyl (C=O) groups excluding carboxylic acids is 1. The van der Waals surface area contributed by atoms with Gasteiger partial charge in [-0.15, -0.1) is 0 Å². The summed E-state index contributed by atoms with van der Waals surface area (Å²) < 4.78 is 0. The number of rotatable bonds is 1. The lowest BCUT2D eigenvalue weighted by atomic mass is 9.66. The van der Waals surface area contributed by atoms with Gasteiger partial charge in [-0.2, -0.15) is 5.26 Å². The van der Waals surface area contributed by atoms with E-state index in [0.717, 1.165) is 24.4 Å². The zero-order chi connectivity index (χ0) is 16.7. The van der Waals surface area contributed by atoms with E-state index in [4.69, 9.17) is 4.98 Å². The van der Waals surface area contributed by atoms with E-state index in [2.05, 4.69) is 11.1 Å². The van der Waals surface area contributed by atoms with E-state index in [1.807, 2.05) is 19.2 Å². The van der Waals surface area contributed by atoms with E-state index in [0.29, 0.717) is 11.5 Å². The molecular formula is C20H23N3O. The quantitative estimate of drug-likeness (QED) is 0.788. The molecule has 1 aromatic heterocycles. The van der Waals surface area contributed by atoms with Crippen LogP contribution in [0.1, 0.15) is 74.4 Å². The Kier molecular flexibility index (Phi) is 3.96. The normalized spacial score (nSPS) is 30.1. The van der Waals surface area contributed by atoms with Crippen LogP contribution >= 0.6 is 0 Å². The Morgan fingerprint density at radius 2 is 2.00 bits per heavy atom. The molecule has 3 atom stereocenters. The van der Waals surface area contributed by atoms with Crippen molar-refractivity contribution in [2.24, 2.45) is 11.8 Å². The zero-order valence-corrected chi connectivity index (χ0v) is 14.2. The minimum atomic E-state index is -0.0871. The fraction of sp³-hybridized carbons (Fsp3) is 0.600. The molecule has 0 spiro atoms. The van der Waals surface area contributed by atoms with Gasteiger partial charge in [0.05, 0.1) is 11.3 Å². The molecule has 4 rings (SSSR count). The summed E-state index contributed by atoms with van der Waals surface area (Å²) in [6, 6.07) is 2.09. The Hall–Kier alpha value is -2.02. The third-order valence-electron chi connectivity index (χ3n) is 6.20. The van der Waals surface area contributed by atoms with Gasteiger partial charge in [0.25, 0.3) is 0 Å². The third kappa shape index (κ3) is 2.47. The lowest BCUT2D eigenvalue weighted by Crippen LogP contribution is -2.35. The highest BCUT2D eigenvalue weighted by Gasteiger charge is 2.41. The lowest BCUT2D eigenvalue weighted by molar-refractivity contribution is -0.120. The fourth-order valence-corrected chi connectivity index (χ4v) is 4.73. The molecule has 4 heteroatoms. The molecule has 1 heterocycles. The highest BCUT2D eigenvalue weighted by atomic mass is 16.1. The number of hydrogen-bond donors (Lipinski definition) is 0. The fourth-order valence-electron chi connectivity index (χ4n) is 4.73. The van der Waals surface area contributed by atoms with Gasteiger partial charge in [0.15, 0.2) is 5.78 Å². The van der Waals surface area contributed by atoms with Crippen LogP contribution in [0.3, 0.4) is 0 Å². The summed E-state index contributed by atoms with van der Waals surface area (Å²) in [4.78, 5) is 21.9. The van der Waals surface area contributed by atoms with Crippen molar-refractivity contribution in [1.29, 1.82) is 5.26 Å². The van der Waals surface area contributed by atoms with Crippen molar-refractivity contribution in [3.05, 3.63) is 34.9 Å². The maximum atomic E-state index is 12.3. The Morgan fingerprint density at radius 1 is 1.21 bits per heavy atom. The molecule has 0 aromatic carbocycles. The van der Waals surface area contributed by atoms with Crippen molar-refractivity contribution < 1.29 is 4.79 Å². The molecular weight excluding hydrogens is 298 g/mol. The van der Waals surface area contributed by atoms with Crippen molar-refractivity contribution in [3.8, 4) is 6.07 Å². The number of carbonyl (C=O) groups is 1. The Labute approximate surface area is 143 Å². The molecule has 1 unspecified atom stereocenters. The number of allylic oxidation sites excluding steroid dienone is 2. The van der Waals surface area contributed by atoms with Gasteiger partial charge < -0.3 is 0 Å². The van der Waals surface area contributed by atoms with E-state index < -0.39 is 0 Å². The first-order valence-electron chi connectivity index (χ1n) is 9.21. The van der Waals surface area contributed by atoms with Crippen LogP contribution < -0.4 is 0 Å². The highest BCUT2D eigenvalue weighted by Crippen LogP contribution is 2.45.